The van der Waals surface area contributed by atoms with Gasteiger partial charge in [0, 0.05) is 17.1 Å². The van der Waals surface area contributed by atoms with Gasteiger partial charge in [-0.15, -0.1) is 0 Å². The van der Waals surface area contributed by atoms with Gasteiger partial charge >= 0.3 is 0 Å². The monoisotopic (exact) mass is 219 g/mol. The topological polar surface area (TPSA) is 55.5 Å². The predicted molar refractivity (Wildman–Crippen MR) is 59.1 cm³/mol. The number of Topliss-reactive ketones (excluding diaryl/α,β-unsaturated/α-hetero) is 1. The maximum atomic E-state index is 11.3. The van der Waals surface area contributed by atoms with Crippen LogP contribution in [0.2, 0.25) is 5.02 Å². The van der Waals surface area contributed by atoms with Crippen molar-refractivity contribution in [1.29, 1.82) is 0 Å². The van der Waals surface area contributed by atoms with Crippen molar-refractivity contribution < 1.29 is 10.2 Å². The molecule has 1 heterocycles. The fraction of sp³-hybridized carbons (Fsp3) is 0. The maximum absolute atomic E-state index is 11.3. The summed E-state index contributed by atoms with van der Waals surface area (Å²) in [5, 5.41) is 6.54. The minimum Gasteiger partial charge on any atom is -0.283 e. The zero-order valence-electron chi connectivity index (χ0n) is 7.77. The van der Waals surface area contributed by atoms with Gasteiger partial charge in [0.1, 0.15) is 0 Å². The molecule has 1 aromatic heterocycles. The summed E-state index contributed by atoms with van der Waals surface area (Å²) in [6.07, 6.45) is 2.61. The molecule has 0 unspecified atom stereocenters. The highest BCUT2D eigenvalue weighted by atomic mass is 35.5. The number of carbonyl (C=O) groups excluding carboxylic acids is 1. The van der Waals surface area contributed by atoms with Crippen molar-refractivity contribution in [2.45, 2.75) is 0 Å². The van der Waals surface area contributed by atoms with Crippen LogP contribution in [0.5, 0.6) is 0 Å². The molecule has 74 valence electrons. The van der Waals surface area contributed by atoms with Gasteiger partial charge in [-0.25, -0.2) is 0 Å². The van der Waals surface area contributed by atoms with Crippen molar-refractivity contribution in [2.75, 3.05) is 0 Å². The van der Waals surface area contributed by atoms with Crippen LogP contribution in [0.25, 0.3) is 10.9 Å². The van der Waals surface area contributed by atoms with Crippen LogP contribution in [0.3, 0.4) is 0 Å². The summed E-state index contributed by atoms with van der Waals surface area (Å²) in [6, 6.07) is 6.94. The number of nitrogens with two attached hydrogens (primary N) is 1. The summed E-state index contributed by atoms with van der Waals surface area (Å²) in [5.74, 6) is -0.211. The molecule has 2 rings (SSSR count). The Labute approximate surface area is 91.2 Å². The van der Waals surface area contributed by atoms with Crippen molar-refractivity contribution in [3.63, 3.8) is 0 Å². The number of pyridine rings is 1. The zero-order valence-corrected chi connectivity index (χ0v) is 8.53. The lowest BCUT2D eigenvalue weighted by Gasteiger charge is -1.99. The molecule has 4 heteroatoms. The second-order valence-electron chi connectivity index (χ2n) is 3.09. The summed E-state index contributed by atoms with van der Waals surface area (Å²) < 4.78 is 0. The van der Waals surface area contributed by atoms with Gasteiger partial charge in [0.25, 0.3) is 0 Å². The van der Waals surface area contributed by atoms with Crippen LogP contribution in [0.15, 0.2) is 30.5 Å². The van der Waals surface area contributed by atoms with Crippen LogP contribution < -0.4 is 5.41 Å². The number of carbonyl (C=O) groups is 1. The van der Waals surface area contributed by atoms with Gasteiger partial charge < -0.3 is 0 Å². The summed E-state index contributed by atoms with van der Waals surface area (Å²) in [4.78, 5) is 15.4. The Morgan fingerprint density at radius 2 is 2.20 bits per heavy atom. The Morgan fingerprint density at radius 3 is 2.93 bits per heavy atom. The number of benzene rings is 1. The molecule has 0 saturated carbocycles. The Bertz CT molecular complexity index is 551. The Kier molecular flexibility index (Phi) is 2.47. The second-order valence-corrected chi connectivity index (χ2v) is 3.53. The third kappa shape index (κ3) is 1.87. The van der Waals surface area contributed by atoms with Crippen molar-refractivity contribution in [3.05, 3.63) is 41.0 Å². The molecule has 1 aromatic carbocycles. The van der Waals surface area contributed by atoms with E-state index in [1.54, 1.807) is 30.5 Å². The Hall–Kier alpha value is -1.74. The van der Waals surface area contributed by atoms with Gasteiger partial charge in [-0.3, -0.25) is 15.2 Å². The second kappa shape index (κ2) is 3.79. The number of aromatic nitrogens is 1. The first-order chi connectivity index (χ1) is 7.20. The predicted octanol–water partition coefficient (Wildman–Crippen LogP) is 0.901. The van der Waals surface area contributed by atoms with E-state index in [-0.39, 0.29) is 5.78 Å². The summed E-state index contributed by atoms with van der Waals surface area (Å²) in [5.41, 5.74) is 1.34. The molecule has 2 N–H and O–H groups in total. The number of ketones is 1. The highest BCUT2D eigenvalue weighted by Gasteiger charge is 2.06. The smallest absolute Gasteiger partial charge is 0.248 e. The van der Waals surface area contributed by atoms with Crippen LogP contribution in [0.1, 0.15) is 10.4 Å². The first-order valence-electron chi connectivity index (χ1n) is 4.35. The Morgan fingerprint density at radius 1 is 1.40 bits per heavy atom. The fourth-order valence-electron chi connectivity index (χ4n) is 1.35. The van der Waals surface area contributed by atoms with E-state index in [0.717, 1.165) is 17.1 Å². The minimum absolute atomic E-state index is 0.211. The normalized spacial score (nSPS) is 10.2. The third-order valence-corrected chi connectivity index (χ3v) is 2.29. The standard InChI is InChI=1S/C11H7ClN2O/c12-9-4-8-3-7(11(15)5-13)1-2-10(8)14-6-9/h1-6,13H/p+1. The molecule has 0 atom stereocenters. The Balaban J connectivity index is 2.64. The number of nitrogens with zero attached hydrogens (tertiary/aromatic N) is 1. The van der Waals surface area contributed by atoms with Crippen LogP contribution in [-0.4, -0.2) is 17.0 Å². The number of rotatable bonds is 2. The largest absolute Gasteiger partial charge is 0.283 e. The average molecular weight is 220 g/mol. The molecule has 15 heavy (non-hydrogen) atoms. The third-order valence-electron chi connectivity index (χ3n) is 2.08. The number of hydrogen-bond acceptors (Lipinski definition) is 2. The molecule has 0 spiro atoms. The highest BCUT2D eigenvalue weighted by molar-refractivity contribution is 6.34. The van der Waals surface area contributed by atoms with Gasteiger partial charge in [-0.2, -0.15) is 0 Å². The van der Waals surface area contributed by atoms with Crippen LogP contribution >= 0.6 is 11.6 Å². The molecule has 0 bridgehead atoms. The molecular weight excluding hydrogens is 212 g/mol. The fourth-order valence-corrected chi connectivity index (χ4v) is 1.52. The van der Waals surface area contributed by atoms with Gasteiger partial charge in [0.05, 0.1) is 10.5 Å². The quantitative estimate of drug-likeness (QED) is 0.603. The summed E-state index contributed by atoms with van der Waals surface area (Å²) in [6.45, 7) is 0. The molecule has 3 nitrogen and oxygen atoms in total. The number of hydrogen-bond donors (Lipinski definition) is 1. The van der Waals surface area contributed by atoms with E-state index in [4.69, 9.17) is 17.0 Å². The van der Waals surface area contributed by atoms with E-state index in [1.165, 1.54) is 0 Å². The lowest BCUT2D eigenvalue weighted by molar-refractivity contribution is -0.104. The zero-order chi connectivity index (χ0) is 10.8. The van der Waals surface area contributed by atoms with E-state index in [9.17, 15) is 4.79 Å². The van der Waals surface area contributed by atoms with Crippen LogP contribution in [0.4, 0.5) is 0 Å². The molecule has 0 radical (unpaired) electrons. The van der Waals surface area contributed by atoms with Crippen molar-refractivity contribution >= 4 is 34.5 Å². The van der Waals surface area contributed by atoms with Crippen molar-refractivity contribution in [3.8, 4) is 0 Å². The van der Waals surface area contributed by atoms with Crippen LogP contribution in [0, 0.1) is 0 Å². The van der Waals surface area contributed by atoms with E-state index in [0.29, 0.717) is 10.6 Å². The average Bonchev–Trinajstić information content (AvgIpc) is 2.27. The molecule has 0 amide bonds. The lowest BCUT2D eigenvalue weighted by atomic mass is 10.1. The molecule has 0 aliphatic heterocycles. The SMILES string of the molecule is [NH2+]=CC(=O)c1ccc2ncc(Cl)cc2c1. The molecule has 0 aliphatic carbocycles. The van der Waals surface area contributed by atoms with Gasteiger partial charge in [-0.1, -0.05) is 11.6 Å². The van der Waals surface area contributed by atoms with Crippen molar-refractivity contribution in [1.82, 2.24) is 4.98 Å². The van der Waals surface area contributed by atoms with E-state index in [2.05, 4.69) is 4.98 Å². The lowest BCUT2D eigenvalue weighted by Crippen LogP contribution is -2.34. The number of fused-ring (bicyclic) bond motifs is 1. The first kappa shape index (κ1) is 9.80. The van der Waals surface area contributed by atoms with E-state index in [1.807, 2.05) is 0 Å². The van der Waals surface area contributed by atoms with E-state index < -0.39 is 0 Å². The summed E-state index contributed by atoms with van der Waals surface area (Å²) >= 11 is 5.80. The molecule has 0 aliphatic rings. The van der Waals surface area contributed by atoms with Gasteiger partial charge in [0.15, 0.2) is 0 Å². The number of halogens is 1. The molecule has 0 fully saturated rings. The van der Waals surface area contributed by atoms with E-state index >= 15 is 0 Å². The van der Waals surface area contributed by atoms with Gasteiger partial charge in [0.2, 0.25) is 12.0 Å². The summed E-state index contributed by atoms with van der Waals surface area (Å²) in [7, 11) is 0. The van der Waals surface area contributed by atoms with Crippen LogP contribution in [-0.2, 0) is 0 Å². The molecule has 0 saturated heterocycles. The highest BCUT2D eigenvalue weighted by Crippen LogP contribution is 2.18. The molecule has 2 aromatic rings. The minimum atomic E-state index is -0.211. The first-order valence-corrected chi connectivity index (χ1v) is 4.73. The van der Waals surface area contributed by atoms with Gasteiger partial charge in [-0.05, 0) is 24.3 Å². The molecular formula is C11H8ClN2O+. The van der Waals surface area contributed by atoms with Crippen molar-refractivity contribution in [2.24, 2.45) is 0 Å². The maximum Gasteiger partial charge on any atom is 0.248 e.